The van der Waals surface area contributed by atoms with Crippen LogP contribution in [-0.4, -0.2) is 35.9 Å². The molecule has 1 rings (SSSR count). The standard InChI is InChI=1S/C13H18FN3O3/c1-4-6-16(5-2)13(18)9-7-11(15-3)10(14)8-12(9)17(19)20/h7-8,15H,4-6H2,1-3H3. The minimum atomic E-state index is -0.755. The topological polar surface area (TPSA) is 75.5 Å². The van der Waals surface area contributed by atoms with E-state index in [9.17, 15) is 19.3 Å². The summed E-state index contributed by atoms with van der Waals surface area (Å²) >= 11 is 0. The molecule has 0 bridgehead atoms. The van der Waals surface area contributed by atoms with Gasteiger partial charge in [-0.1, -0.05) is 6.92 Å². The fourth-order valence-electron chi connectivity index (χ4n) is 1.92. The van der Waals surface area contributed by atoms with E-state index in [1.807, 2.05) is 6.92 Å². The highest BCUT2D eigenvalue weighted by atomic mass is 19.1. The Morgan fingerprint density at radius 2 is 2.10 bits per heavy atom. The van der Waals surface area contributed by atoms with Gasteiger partial charge in [0.15, 0.2) is 5.82 Å². The van der Waals surface area contributed by atoms with Gasteiger partial charge >= 0.3 is 0 Å². The fraction of sp³-hybridized carbons (Fsp3) is 0.462. The number of rotatable bonds is 6. The van der Waals surface area contributed by atoms with Crippen molar-refractivity contribution in [3.05, 3.63) is 33.6 Å². The van der Waals surface area contributed by atoms with Crippen molar-refractivity contribution in [2.75, 3.05) is 25.5 Å². The first-order valence-electron chi connectivity index (χ1n) is 6.41. The number of hydrogen-bond acceptors (Lipinski definition) is 4. The number of hydrogen-bond donors (Lipinski definition) is 1. The summed E-state index contributed by atoms with van der Waals surface area (Å²) in [7, 11) is 1.49. The van der Waals surface area contributed by atoms with Crippen LogP contribution < -0.4 is 5.32 Å². The molecule has 0 fully saturated rings. The molecule has 7 heteroatoms. The third-order valence-corrected chi connectivity index (χ3v) is 2.94. The van der Waals surface area contributed by atoms with Gasteiger partial charge in [0.05, 0.1) is 16.7 Å². The van der Waals surface area contributed by atoms with Crippen molar-refractivity contribution in [2.24, 2.45) is 0 Å². The third-order valence-electron chi connectivity index (χ3n) is 2.94. The van der Waals surface area contributed by atoms with Gasteiger partial charge in [0, 0.05) is 20.1 Å². The number of halogens is 1. The van der Waals surface area contributed by atoms with Crippen LogP contribution >= 0.6 is 0 Å². The molecule has 0 unspecified atom stereocenters. The molecule has 1 aromatic rings. The summed E-state index contributed by atoms with van der Waals surface area (Å²) in [5, 5.41) is 13.6. The van der Waals surface area contributed by atoms with Gasteiger partial charge in [0.2, 0.25) is 0 Å². The summed E-state index contributed by atoms with van der Waals surface area (Å²) in [5.41, 5.74) is -0.552. The van der Waals surface area contributed by atoms with Gasteiger partial charge in [-0.15, -0.1) is 0 Å². The first-order chi connectivity index (χ1) is 9.46. The highest BCUT2D eigenvalue weighted by Gasteiger charge is 2.26. The van der Waals surface area contributed by atoms with Gasteiger partial charge in [-0.05, 0) is 19.4 Å². The number of carbonyl (C=O) groups excluding carboxylic acids is 1. The summed E-state index contributed by atoms with van der Waals surface area (Å²) in [6.45, 7) is 4.64. The Hall–Kier alpha value is -2.18. The number of nitrogens with zero attached hydrogens (tertiary/aromatic N) is 2. The van der Waals surface area contributed by atoms with Crippen molar-refractivity contribution in [1.29, 1.82) is 0 Å². The lowest BCUT2D eigenvalue weighted by Crippen LogP contribution is -2.32. The van der Waals surface area contributed by atoms with Gasteiger partial charge < -0.3 is 10.2 Å². The SMILES string of the molecule is CCCN(CC)C(=O)c1cc(NC)c(F)cc1[N+](=O)[O-]. The van der Waals surface area contributed by atoms with Crippen molar-refractivity contribution in [3.8, 4) is 0 Å². The van der Waals surface area contributed by atoms with E-state index in [4.69, 9.17) is 0 Å². The van der Waals surface area contributed by atoms with Crippen LogP contribution in [0.4, 0.5) is 15.8 Å². The summed E-state index contributed by atoms with van der Waals surface area (Å²) < 4.78 is 13.6. The first kappa shape index (κ1) is 15.9. The Bertz CT molecular complexity index is 520. The number of amides is 1. The molecule has 20 heavy (non-hydrogen) atoms. The summed E-state index contributed by atoms with van der Waals surface area (Å²) in [4.78, 5) is 24.1. The third kappa shape index (κ3) is 3.23. The molecule has 6 nitrogen and oxygen atoms in total. The van der Waals surface area contributed by atoms with Crippen LogP contribution in [0, 0.1) is 15.9 Å². The lowest BCUT2D eigenvalue weighted by atomic mass is 10.1. The minimum absolute atomic E-state index is 0.0616. The Balaban J connectivity index is 3.33. The molecule has 0 spiro atoms. The predicted octanol–water partition coefficient (Wildman–Crippen LogP) is 2.65. The second kappa shape index (κ2) is 6.83. The summed E-state index contributed by atoms with van der Waals surface area (Å²) in [6.07, 6.45) is 0.744. The molecule has 1 aromatic carbocycles. The lowest BCUT2D eigenvalue weighted by Gasteiger charge is -2.20. The normalized spacial score (nSPS) is 10.2. The second-order valence-electron chi connectivity index (χ2n) is 4.24. The Labute approximate surface area is 116 Å². The molecule has 0 aliphatic heterocycles. The number of anilines is 1. The maximum absolute atomic E-state index is 13.6. The van der Waals surface area contributed by atoms with Crippen molar-refractivity contribution >= 4 is 17.3 Å². The number of benzene rings is 1. The van der Waals surface area contributed by atoms with Gasteiger partial charge in [-0.25, -0.2) is 4.39 Å². The van der Waals surface area contributed by atoms with Crippen LogP contribution in [0.1, 0.15) is 30.6 Å². The van der Waals surface area contributed by atoms with Crippen molar-refractivity contribution in [3.63, 3.8) is 0 Å². The van der Waals surface area contributed by atoms with Gasteiger partial charge in [-0.3, -0.25) is 14.9 Å². The molecule has 0 saturated carbocycles. The number of nitro benzene ring substituents is 1. The Kier molecular flexibility index (Phi) is 5.42. The smallest absolute Gasteiger partial charge is 0.285 e. The van der Waals surface area contributed by atoms with Gasteiger partial charge in [0.1, 0.15) is 5.56 Å². The zero-order valence-corrected chi connectivity index (χ0v) is 11.8. The van der Waals surface area contributed by atoms with Crippen LogP contribution in [-0.2, 0) is 0 Å². The highest BCUT2D eigenvalue weighted by molar-refractivity contribution is 5.99. The molecular formula is C13H18FN3O3. The molecular weight excluding hydrogens is 265 g/mol. The van der Waals surface area contributed by atoms with Crippen molar-refractivity contribution in [2.45, 2.75) is 20.3 Å². The quantitative estimate of drug-likeness (QED) is 0.643. The number of nitro groups is 1. The molecule has 0 aromatic heterocycles. The van der Waals surface area contributed by atoms with Gasteiger partial charge in [-0.2, -0.15) is 0 Å². The van der Waals surface area contributed by atoms with Crippen LogP contribution in [0.5, 0.6) is 0 Å². The zero-order valence-electron chi connectivity index (χ0n) is 11.8. The van der Waals surface area contributed by atoms with E-state index in [2.05, 4.69) is 5.32 Å². The average molecular weight is 283 g/mol. The first-order valence-corrected chi connectivity index (χ1v) is 6.41. The van der Waals surface area contributed by atoms with E-state index in [1.54, 1.807) is 6.92 Å². The van der Waals surface area contributed by atoms with Crippen LogP contribution in [0.15, 0.2) is 12.1 Å². The second-order valence-corrected chi connectivity index (χ2v) is 4.24. The molecule has 0 radical (unpaired) electrons. The predicted molar refractivity (Wildman–Crippen MR) is 74.5 cm³/mol. The lowest BCUT2D eigenvalue weighted by molar-refractivity contribution is -0.385. The van der Waals surface area contributed by atoms with Crippen molar-refractivity contribution < 1.29 is 14.1 Å². The molecule has 0 atom stereocenters. The molecule has 0 aliphatic carbocycles. The molecule has 0 heterocycles. The summed E-state index contributed by atoms with van der Waals surface area (Å²) in [6, 6.07) is 1.97. The van der Waals surface area contributed by atoms with E-state index in [1.165, 1.54) is 18.0 Å². The van der Waals surface area contributed by atoms with Gasteiger partial charge in [0.25, 0.3) is 11.6 Å². The fourth-order valence-corrected chi connectivity index (χ4v) is 1.92. The van der Waals surface area contributed by atoms with E-state index in [-0.39, 0.29) is 11.3 Å². The van der Waals surface area contributed by atoms with Crippen molar-refractivity contribution in [1.82, 2.24) is 4.90 Å². The zero-order chi connectivity index (χ0) is 15.3. The Morgan fingerprint density at radius 3 is 2.55 bits per heavy atom. The Morgan fingerprint density at radius 1 is 1.45 bits per heavy atom. The van der Waals surface area contributed by atoms with E-state index >= 15 is 0 Å². The molecule has 1 amide bonds. The van der Waals surface area contributed by atoms with Crippen LogP contribution in [0.2, 0.25) is 0 Å². The van der Waals surface area contributed by atoms with E-state index in [0.717, 1.165) is 12.5 Å². The molecule has 1 N–H and O–H groups in total. The summed E-state index contributed by atoms with van der Waals surface area (Å²) in [5.74, 6) is -1.22. The van der Waals surface area contributed by atoms with E-state index in [0.29, 0.717) is 13.1 Å². The number of nitrogens with one attached hydrogen (secondary N) is 1. The monoisotopic (exact) mass is 283 g/mol. The molecule has 110 valence electrons. The maximum atomic E-state index is 13.6. The van der Waals surface area contributed by atoms with Crippen LogP contribution in [0.3, 0.4) is 0 Å². The number of carbonyl (C=O) groups is 1. The highest BCUT2D eigenvalue weighted by Crippen LogP contribution is 2.27. The molecule has 0 saturated heterocycles. The van der Waals surface area contributed by atoms with Crippen LogP contribution in [0.25, 0.3) is 0 Å². The molecule has 0 aliphatic rings. The largest absolute Gasteiger partial charge is 0.386 e. The maximum Gasteiger partial charge on any atom is 0.285 e. The average Bonchev–Trinajstić information content (AvgIpc) is 2.43. The van der Waals surface area contributed by atoms with E-state index < -0.39 is 22.3 Å². The minimum Gasteiger partial charge on any atom is -0.386 e.